The van der Waals surface area contributed by atoms with Crippen LogP contribution in [-0.2, 0) is 9.59 Å². The predicted molar refractivity (Wildman–Crippen MR) is 80.5 cm³/mol. The monoisotopic (exact) mass is 310 g/mol. The third kappa shape index (κ3) is 3.47. The number of ether oxygens (including phenoxy) is 1. The van der Waals surface area contributed by atoms with Crippen molar-refractivity contribution in [2.45, 2.75) is 32.9 Å². The minimum absolute atomic E-state index is 0.143. The maximum atomic E-state index is 12.4. The van der Waals surface area contributed by atoms with Crippen LogP contribution in [-0.4, -0.2) is 41.9 Å². The molecule has 5 nitrogen and oxygen atoms in total. The second kappa shape index (κ2) is 6.35. The lowest BCUT2D eigenvalue weighted by Crippen LogP contribution is -2.58. The van der Waals surface area contributed by atoms with Gasteiger partial charge in [0.2, 0.25) is 5.91 Å². The quantitative estimate of drug-likeness (QED) is 0.925. The zero-order valence-corrected chi connectivity index (χ0v) is 13.1. The number of hydrogen-bond acceptors (Lipinski definition) is 3. The first-order valence-electron chi connectivity index (χ1n) is 6.91. The smallest absolute Gasteiger partial charge is 0.264 e. The fourth-order valence-electron chi connectivity index (χ4n) is 2.26. The van der Waals surface area contributed by atoms with E-state index in [2.05, 4.69) is 5.32 Å². The molecular formula is C15H19ClN2O3. The van der Waals surface area contributed by atoms with E-state index in [9.17, 15) is 9.59 Å². The van der Waals surface area contributed by atoms with Gasteiger partial charge in [-0.25, -0.2) is 0 Å². The van der Waals surface area contributed by atoms with Gasteiger partial charge in [0, 0.05) is 13.1 Å². The number of nitrogens with zero attached hydrogens (tertiary/aromatic N) is 1. The van der Waals surface area contributed by atoms with Crippen molar-refractivity contribution in [2.24, 2.45) is 0 Å². The van der Waals surface area contributed by atoms with Crippen LogP contribution in [0.2, 0.25) is 5.02 Å². The predicted octanol–water partition coefficient (Wildman–Crippen LogP) is 1.76. The van der Waals surface area contributed by atoms with Gasteiger partial charge in [-0.3, -0.25) is 9.59 Å². The van der Waals surface area contributed by atoms with Gasteiger partial charge in [-0.2, -0.15) is 0 Å². The van der Waals surface area contributed by atoms with E-state index in [1.54, 1.807) is 26.0 Å². The number of aryl methyl sites for hydroxylation is 1. The van der Waals surface area contributed by atoms with Crippen LogP contribution in [0.15, 0.2) is 18.2 Å². The Kier molecular flexibility index (Phi) is 4.73. The Morgan fingerprint density at radius 2 is 2.24 bits per heavy atom. The van der Waals surface area contributed by atoms with Crippen LogP contribution in [0, 0.1) is 6.92 Å². The summed E-state index contributed by atoms with van der Waals surface area (Å²) in [6.07, 6.45) is -0.697. The number of amides is 2. The third-order valence-corrected chi connectivity index (χ3v) is 3.83. The van der Waals surface area contributed by atoms with Gasteiger partial charge in [0.15, 0.2) is 6.10 Å². The number of rotatable bonds is 3. The summed E-state index contributed by atoms with van der Waals surface area (Å²) in [4.78, 5) is 25.6. The van der Waals surface area contributed by atoms with E-state index >= 15 is 0 Å². The number of hydrogen-bond donors (Lipinski definition) is 1. The topological polar surface area (TPSA) is 58.6 Å². The molecule has 0 saturated carbocycles. The molecule has 0 aliphatic carbocycles. The molecule has 2 amide bonds. The molecule has 0 radical (unpaired) electrons. The van der Waals surface area contributed by atoms with Gasteiger partial charge in [-0.1, -0.05) is 17.7 Å². The van der Waals surface area contributed by atoms with E-state index in [0.717, 1.165) is 5.56 Å². The van der Waals surface area contributed by atoms with Crippen LogP contribution in [0.4, 0.5) is 0 Å². The van der Waals surface area contributed by atoms with Crippen LogP contribution in [0.25, 0.3) is 0 Å². The van der Waals surface area contributed by atoms with Crippen molar-refractivity contribution in [2.75, 3.05) is 13.1 Å². The van der Waals surface area contributed by atoms with Crippen LogP contribution in [0.1, 0.15) is 19.4 Å². The first-order chi connectivity index (χ1) is 9.90. The fourth-order valence-corrected chi connectivity index (χ4v) is 2.42. The summed E-state index contributed by atoms with van der Waals surface area (Å²) >= 11 is 6.07. The largest absolute Gasteiger partial charge is 0.479 e. The van der Waals surface area contributed by atoms with Crippen molar-refractivity contribution in [1.29, 1.82) is 0 Å². The zero-order valence-electron chi connectivity index (χ0n) is 12.4. The van der Waals surface area contributed by atoms with E-state index in [4.69, 9.17) is 16.3 Å². The molecule has 0 bridgehead atoms. The molecule has 1 aromatic rings. The molecule has 2 rings (SSSR count). The lowest BCUT2D eigenvalue weighted by Gasteiger charge is -2.34. The van der Waals surface area contributed by atoms with E-state index in [1.165, 1.54) is 4.90 Å². The highest BCUT2D eigenvalue weighted by Gasteiger charge is 2.32. The van der Waals surface area contributed by atoms with E-state index in [0.29, 0.717) is 23.9 Å². The highest BCUT2D eigenvalue weighted by Crippen LogP contribution is 2.26. The summed E-state index contributed by atoms with van der Waals surface area (Å²) in [7, 11) is 0. The van der Waals surface area contributed by atoms with Crippen LogP contribution in [0.5, 0.6) is 5.75 Å². The van der Waals surface area contributed by atoms with Crippen molar-refractivity contribution in [3.8, 4) is 5.75 Å². The number of halogens is 1. The van der Waals surface area contributed by atoms with E-state index < -0.39 is 12.1 Å². The number of piperazine rings is 1. The summed E-state index contributed by atoms with van der Waals surface area (Å²) < 4.78 is 5.67. The maximum absolute atomic E-state index is 12.4. The Morgan fingerprint density at radius 3 is 2.95 bits per heavy atom. The minimum atomic E-state index is -0.697. The summed E-state index contributed by atoms with van der Waals surface area (Å²) in [5, 5.41) is 3.19. The molecule has 1 aliphatic heterocycles. The Labute approximate surface area is 129 Å². The minimum Gasteiger partial charge on any atom is -0.479 e. The number of carbonyl (C=O) groups excluding carboxylic acids is 2. The van der Waals surface area contributed by atoms with Crippen molar-refractivity contribution in [1.82, 2.24) is 10.2 Å². The van der Waals surface area contributed by atoms with E-state index in [1.807, 2.05) is 13.0 Å². The summed E-state index contributed by atoms with van der Waals surface area (Å²) in [6, 6.07) is 4.92. The molecule has 6 heteroatoms. The van der Waals surface area contributed by atoms with Crippen molar-refractivity contribution >= 4 is 23.4 Å². The first-order valence-corrected chi connectivity index (χ1v) is 7.29. The maximum Gasteiger partial charge on any atom is 0.264 e. The summed E-state index contributed by atoms with van der Waals surface area (Å²) in [5.74, 6) is 0.122. The molecule has 1 aromatic carbocycles. The van der Waals surface area contributed by atoms with Gasteiger partial charge >= 0.3 is 0 Å². The highest BCUT2D eigenvalue weighted by atomic mass is 35.5. The SMILES string of the molecule is Cc1ccc(Cl)c(O[C@@H](C)C(=O)N2CCNC(=O)[C@@H]2C)c1. The molecule has 1 N–H and O–H groups in total. The average molecular weight is 311 g/mol. The second-order valence-corrected chi connectivity index (χ2v) is 5.60. The standard InChI is InChI=1S/C15H19ClN2O3/c1-9-4-5-12(16)13(8-9)21-11(3)15(20)18-7-6-17-14(19)10(18)2/h4-5,8,10-11H,6-7H2,1-3H3,(H,17,19)/t10-,11-/m0/s1. The normalized spacial score (nSPS) is 19.9. The van der Waals surface area contributed by atoms with Crippen LogP contribution in [0.3, 0.4) is 0 Å². The van der Waals surface area contributed by atoms with Crippen LogP contribution >= 0.6 is 11.6 Å². The van der Waals surface area contributed by atoms with Gasteiger partial charge in [0.1, 0.15) is 11.8 Å². The third-order valence-electron chi connectivity index (χ3n) is 3.52. The molecule has 1 heterocycles. The Balaban J connectivity index is 2.09. The molecule has 21 heavy (non-hydrogen) atoms. The molecule has 114 valence electrons. The Hall–Kier alpha value is -1.75. The van der Waals surface area contributed by atoms with Gasteiger partial charge in [-0.05, 0) is 38.5 Å². The average Bonchev–Trinajstić information content (AvgIpc) is 2.45. The number of benzene rings is 1. The lowest BCUT2D eigenvalue weighted by atomic mass is 10.2. The lowest BCUT2D eigenvalue weighted by molar-refractivity contribution is -0.147. The first kappa shape index (κ1) is 15.6. The van der Waals surface area contributed by atoms with Crippen molar-refractivity contribution in [3.05, 3.63) is 28.8 Å². The van der Waals surface area contributed by atoms with Crippen molar-refractivity contribution in [3.63, 3.8) is 0 Å². The molecule has 2 atom stereocenters. The molecule has 0 spiro atoms. The number of nitrogens with one attached hydrogen (secondary N) is 1. The van der Waals surface area contributed by atoms with Gasteiger partial charge in [-0.15, -0.1) is 0 Å². The summed E-state index contributed by atoms with van der Waals surface area (Å²) in [5.41, 5.74) is 1.000. The van der Waals surface area contributed by atoms with Gasteiger partial charge < -0.3 is 15.0 Å². The Morgan fingerprint density at radius 1 is 1.52 bits per heavy atom. The van der Waals surface area contributed by atoms with Crippen LogP contribution < -0.4 is 10.1 Å². The fraction of sp³-hybridized carbons (Fsp3) is 0.467. The van der Waals surface area contributed by atoms with Gasteiger partial charge in [0.25, 0.3) is 5.91 Å². The van der Waals surface area contributed by atoms with Crippen molar-refractivity contribution < 1.29 is 14.3 Å². The second-order valence-electron chi connectivity index (χ2n) is 5.19. The molecule has 0 aromatic heterocycles. The molecule has 1 saturated heterocycles. The summed E-state index contributed by atoms with van der Waals surface area (Å²) in [6.45, 7) is 6.25. The van der Waals surface area contributed by atoms with E-state index in [-0.39, 0.29) is 11.8 Å². The molecule has 0 unspecified atom stereocenters. The molecule has 1 aliphatic rings. The molecular weight excluding hydrogens is 292 g/mol. The highest BCUT2D eigenvalue weighted by molar-refractivity contribution is 6.32. The number of carbonyl (C=O) groups is 2. The Bertz CT molecular complexity index is 562. The molecule has 1 fully saturated rings. The van der Waals surface area contributed by atoms with Gasteiger partial charge in [0.05, 0.1) is 5.02 Å². The zero-order chi connectivity index (χ0) is 15.6.